The van der Waals surface area contributed by atoms with E-state index in [-0.39, 0.29) is 5.91 Å². The third kappa shape index (κ3) is 4.10. The van der Waals surface area contributed by atoms with E-state index in [4.69, 9.17) is 4.74 Å². The molecule has 0 unspecified atom stereocenters. The first-order chi connectivity index (χ1) is 9.15. The van der Waals surface area contributed by atoms with Gasteiger partial charge in [0, 0.05) is 10.2 Å². The molecule has 0 aliphatic carbocycles. The predicted molar refractivity (Wildman–Crippen MR) is 79.3 cm³/mol. The summed E-state index contributed by atoms with van der Waals surface area (Å²) in [6, 6.07) is 16.7. The van der Waals surface area contributed by atoms with E-state index in [2.05, 4.69) is 21.2 Å². The highest BCUT2D eigenvalue weighted by Gasteiger charge is 2.14. The molecule has 0 saturated carbocycles. The molecule has 4 heteroatoms. The highest BCUT2D eigenvalue weighted by Crippen LogP contribution is 2.16. The summed E-state index contributed by atoms with van der Waals surface area (Å²) in [7, 11) is 0. The number of anilines is 1. The van der Waals surface area contributed by atoms with E-state index in [1.165, 1.54) is 0 Å². The zero-order valence-corrected chi connectivity index (χ0v) is 12.1. The van der Waals surface area contributed by atoms with Crippen LogP contribution >= 0.6 is 15.9 Å². The maximum absolute atomic E-state index is 12.0. The van der Waals surface area contributed by atoms with Crippen LogP contribution in [-0.2, 0) is 4.79 Å². The molecule has 2 aromatic carbocycles. The van der Waals surface area contributed by atoms with Gasteiger partial charge in [0.2, 0.25) is 0 Å². The number of amides is 1. The summed E-state index contributed by atoms with van der Waals surface area (Å²) >= 11 is 3.36. The second-order valence-electron chi connectivity index (χ2n) is 4.07. The van der Waals surface area contributed by atoms with Crippen LogP contribution in [0.3, 0.4) is 0 Å². The van der Waals surface area contributed by atoms with Gasteiger partial charge >= 0.3 is 0 Å². The van der Waals surface area contributed by atoms with Crippen molar-refractivity contribution >= 4 is 27.5 Å². The second-order valence-corrected chi connectivity index (χ2v) is 4.99. The van der Waals surface area contributed by atoms with Crippen LogP contribution in [0.1, 0.15) is 6.92 Å². The van der Waals surface area contributed by atoms with Crippen LogP contribution in [0, 0.1) is 0 Å². The Hall–Kier alpha value is -1.81. The summed E-state index contributed by atoms with van der Waals surface area (Å²) in [5.41, 5.74) is 0.739. The van der Waals surface area contributed by atoms with Crippen LogP contribution < -0.4 is 10.1 Å². The molecule has 1 atom stereocenters. The smallest absolute Gasteiger partial charge is 0.265 e. The molecule has 1 N–H and O–H groups in total. The van der Waals surface area contributed by atoms with E-state index >= 15 is 0 Å². The lowest BCUT2D eigenvalue weighted by atomic mass is 10.3. The summed E-state index contributed by atoms with van der Waals surface area (Å²) in [5.74, 6) is 0.501. The summed E-state index contributed by atoms with van der Waals surface area (Å²) < 4.78 is 6.47. The third-order valence-corrected chi connectivity index (χ3v) is 3.01. The monoisotopic (exact) mass is 319 g/mol. The van der Waals surface area contributed by atoms with E-state index in [9.17, 15) is 4.79 Å². The predicted octanol–water partition coefficient (Wildman–Crippen LogP) is 3.86. The third-order valence-electron chi connectivity index (χ3n) is 2.52. The normalized spacial score (nSPS) is 11.7. The van der Waals surface area contributed by atoms with Crippen molar-refractivity contribution in [3.63, 3.8) is 0 Å². The summed E-state index contributed by atoms with van der Waals surface area (Å²) in [4.78, 5) is 12.0. The van der Waals surface area contributed by atoms with Crippen LogP contribution in [0.2, 0.25) is 0 Å². The zero-order chi connectivity index (χ0) is 13.7. The molecule has 2 aromatic rings. The highest BCUT2D eigenvalue weighted by molar-refractivity contribution is 9.10. The van der Waals surface area contributed by atoms with Crippen LogP contribution in [0.25, 0.3) is 0 Å². The van der Waals surface area contributed by atoms with E-state index in [0.717, 1.165) is 10.2 Å². The SMILES string of the molecule is C[C@H](Oc1ccccc1)C(=O)Nc1cccc(Br)c1. The quantitative estimate of drug-likeness (QED) is 0.929. The Morgan fingerprint density at radius 1 is 1.16 bits per heavy atom. The molecule has 0 heterocycles. The molecule has 19 heavy (non-hydrogen) atoms. The van der Waals surface area contributed by atoms with E-state index in [1.807, 2.05) is 54.6 Å². The Balaban J connectivity index is 1.96. The Bertz CT molecular complexity index is 557. The molecule has 3 nitrogen and oxygen atoms in total. The molecular weight excluding hydrogens is 306 g/mol. The van der Waals surface area contributed by atoms with E-state index in [0.29, 0.717) is 5.75 Å². The summed E-state index contributed by atoms with van der Waals surface area (Å²) in [5, 5.41) is 2.81. The molecular formula is C15H14BrNO2. The number of carbonyl (C=O) groups excluding carboxylic acids is 1. The van der Waals surface area contributed by atoms with Crippen molar-refractivity contribution in [3.05, 3.63) is 59.1 Å². The molecule has 0 saturated heterocycles. The van der Waals surface area contributed by atoms with Crippen molar-refractivity contribution in [1.82, 2.24) is 0 Å². The lowest BCUT2D eigenvalue weighted by Crippen LogP contribution is -2.30. The van der Waals surface area contributed by atoms with Gasteiger partial charge in [-0.15, -0.1) is 0 Å². The standard InChI is InChI=1S/C15H14BrNO2/c1-11(19-14-8-3-2-4-9-14)15(18)17-13-7-5-6-12(16)10-13/h2-11H,1H3,(H,17,18)/t11-/m0/s1. The van der Waals surface area contributed by atoms with Crippen molar-refractivity contribution in [2.24, 2.45) is 0 Å². The van der Waals surface area contributed by atoms with Crippen LogP contribution in [0.15, 0.2) is 59.1 Å². The largest absolute Gasteiger partial charge is 0.481 e. The molecule has 0 aliphatic heterocycles. The summed E-state index contributed by atoms with van der Waals surface area (Å²) in [6.07, 6.45) is -0.554. The Morgan fingerprint density at radius 3 is 2.58 bits per heavy atom. The minimum absolute atomic E-state index is 0.179. The van der Waals surface area contributed by atoms with E-state index in [1.54, 1.807) is 6.92 Å². The van der Waals surface area contributed by atoms with Gasteiger partial charge in [0.1, 0.15) is 5.75 Å². The molecule has 0 aromatic heterocycles. The first-order valence-electron chi connectivity index (χ1n) is 5.93. The van der Waals surface area contributed by atoms with Gasteiger partial charge in [0.05, 0.1) is 0 Å². The number of halogens is 1. The van der Waals surface area contributed by atoms with Crippen molar-refractivity contribution in [2.75, 3.05) is 5.32 Å². The number of para-hydroxylation sites is 1. The average molecular weight is 320 g/mol. The number of rotatable bonds is 4. The fraction of sp³-hybridized carbons (Fsp3) is 0.133. The van der Waals surface area contributed by atoms with Crippen molar-refractivity contribution in [3.8, 4) is 5.75 Å². The van der Waals surface area contributed by atoms with Crippen molar-refractivity contribution in [2.45, 2.75) is 13.0 Å². The fourth-order valence-electron chi connectivity index (χ4n) is 1.57. The van der Waals surface area contributed by atoms with Crippen molar-refractivity contribution < 1.29 is 9.53 Å². The lowest BCUT2D eigenvalue weighted by Gasteiger charge is -2.14. The number of hydrogen-bond acceptors (Lipinski definition) is 2. The molecule has 0 aliphatic rings. The fourth-order valence-corrected chi connectivity index (χ4v) is 1.97. The van der Waals surface area contributed by atoms with Crippen LogP contribution in [-0.4, -0.2) is 12.0 Å². The van der Waals surface area contributed by atoms with Gasteiger partial charge in [0.15, 0.2) is 6.10 Å². The maximum Gasteiger partial charge on any atom is 0.265 e. The minimum Gasteiger partial charge on any atom is -0.481 e. The molecule has 0 spiro atoms. The van der Waals surface area contributed by atoms with Crippen LogP contribution in [0.4, 0.5) is 5.69 Å². The molecule has 98 valence electrons. The van der Waals surface area contributed by atoms with Crippen LogP contribution in [0.5, 0.6) is 5.75 Å². The molecule has 0 radical (unpaired) electrons. The first-order valence-corrected chi connectivity index (χ1v) is 6.72. The minimum atomic E-state index is -0.554. The molecule has 1 amide bonds. The molecule has 0 bridgehead atoms. The number of hydrogen-bond donors (Lipinski definition) is 1. The number of carbonyl (C=O) groups is 1. The number of nitrogens with one attached hydrogen (secondary N) is 1. The Kier molecular flexibility index (Phi) is 4.58. The van der Waals surface area contributed by atoms with Gasteiger partial charge < -0.3 is 10.1 Å². The van der Waals surface area contributed by atoms with Gasteiger partial charge in [-0.2, -0.15) is 0 Å². The maximum atomic E-state index is 12.0. The van der Waals surface area contributed by atoms with Gasteiger partial charge in [-0.05, 0) is 37.3 Å². The van der Waals surface area contributed by atoms with E-state index < -0.39 is 6.10 Å². The summed E-state index contributed by atoms with van der Waals surface area (Å²) in [6.45, 7) is 1.72. The zero-order valence-electron chi connectivity index (χ0n) is 10.5. The van der Waals surface area contributed by atoms with Crippen molar-refractivity contribution in [1.29, 1.82) is 0 Å². The van der Waals surface area contributed by atoms with Gasteiger partial charge in [0.25, 0.3) is 5.91 Å². The lowest BCUT2D eigenvalue weighted by molar-refractivity contribution is -0.122. The van der Waals surface area contributed by atoms with Gasteiger partial charge in [-0.1, -0.05) is 40.2 Å². The molecule has 2 rings (SSSR count). The first kappa shape index (κ1) is 13.6. The van der Waals surface area contributed by atoms with Gasteiger partial charge in [-0.3, -0.25) is 4.79 Å². The number of ether oxygens (including phenoxy) is 1. The topological polar surface area (TPSA) is 38.3 Å². The Labute approximate surface area is 120 Å². The van der Waals surface area contributed by atoms with Gasteiger partial charge in [-0.25, -0.2) is 0 Å². The molecule has 0 fully saturated rings. The Morgan fingerprint density at radius 2 is 1.89 bits per heavy atom. The number of benzene rings is 2. The average Bonchev–Trinajstić information content (AvgIpc) is 2.40. The highest BCUT2D eigenvalue weighted by atomic mass is 79.9. The second kappa shape index (κ2) is 6.38.